The molecule has 2 atom stereocenters. The van der Waals surface area contributed by atoms with E-state index in [-0.39, 0.29) is 46.6 Å². The number of ether oxygens (including phenoxy) is 1. The number of phenols is 3. The van der Waals surface area contributed by atoms with Gasteiger partial charge in [-0.3, -0.25) is 4.79 Å². The van der Waals surface area contributed by atoms with E-state index in [0.717, 1.165) is 11.8 Å². The minimum Gasteiger partial charge on any atom is -0.508 e. The summed E-state index contributed by atoms with van der Waals surface area (Å²) >= 11 is 0. The highest BCUT2D eigenvalue weighted by Crippen LogP contribution is 2.28. The molecule has 6 N–H and O–H groups in total. The number of aliphatic hydroxyl groups is 2. The lowest BCUT2D eigenvalue weighted by atomic mass is 10.1. The first-order valence-electron chi connectivity index (χ1n) is 12.7. The van der Waals surface area contributed by atoms with Crippen LogP contribution in [0.25, 0.3) is 11.0 Å². The van der Waals surface area contributed by atoms with Crippen LogP contribution in [0.5, 0.6) is 23.0 Å². The highest BCUT2D eigenvalue weighted by Gasteiger charge is 2.18. The topological polar surface area (TPSA) is 181 Å². The van der Waals surface area contributed by atoms with Gasteiger partial charge in [0.05, 0.1) is 12.2 Å². The van der Waals surface area contributed by atoms with Gasteiger partial charge >= 0.3 is 5.97 Å². The number of rotatable bonds is 9. The van der Waals surface area contributed by atoms with Gasteiger partial charge in [-0.15, -0.1) is 0 Å². The Kier molecular flexibility index (Phi) is 10.2. The Labute approximate surface area is 235 Å². The molecule has 0 aliphatic carbocycles. The molecule has 11 heteroatoms. The number of nitrogens with zero attached hydrogens (tertiary/aromatic N) is 1. The lowest BCUT2D eigenvalue weighted by molar-refractivity contribution is 0.0663. The Bertz CT molecular complexity index is 1510. The maximum Gasteiger partial charge on any atom is 0.371 e. The minimum absolute atomic E-state index is 0.0270. The van der Waals surface area contributed by atoms with Crippen molar-refractivity contribution in [1.82, 2.24) is 0 Å². The summed E-state index contributed by atoms with van der Waals surface area (Å²) in [6, 6.07) is 16.5. The fourth-order valence-corrected chi connectivity index (χ4v) is 3.97. The number of carbonyl (C=O) groups is 1. The third-order valence-electron chi connectivity index (χ3n) is 5.89. The van der Waals surface area contributed by atoms with Crippen molar-refractivity contribution < 1.29 is 44.6 Å². The molecule has 4 aromatic rings. The van der Waals surface area contributed by atoms with Gasteiger partial charge in [0.25, 0.3) is 0 Å². The van der Waals surface area contributed by atoms with Crippen molar-refractivity contribution in [2.24, 2.45) is 0 Å². The second-order valence-electron chi connectivity index (χ2n) is 9.63. The summed E-state index contributed by atoms with van der Waals surface area (Å²) in [5.74, 6) is -1.47. The lowest BCUT2D eigenvalue weighted by Gasteiger charge is -2.31. The summed E-state index contributed by atoms with van der Waals surface area (Å²) < 4.78 is 10.4. The zero-order valence-corrected chi connectivity index (χ0v) is 22.8. The Morgan fingerprint density at radius 3 is 2.10 bits per heavy atom. The van der Waals surface area contributed by atoms with Crippen LogP contribution < -0.4 is 15.1 Å². The maximum atomic E-state index is 11.9. The molecule has 41 heavy (non-hydrogen) atoms. The van der Waals surface area contributed by atoms with Crippen LogP contribution in [0.2, 0.25) is 0 Å². The van der Waals surface area contributed by atoms with Gasteiger partial charge in [-0.2, -0.15) is 0 Å². The summed E-state index contributed by atoms with van der Waals surface area (Å²) in [4.78, 5) is 24.7. The van der Waals surface area contributed by atoms with Crippen molar-refractivity contribution in [1.29, 1.82) is 0 Å². The van der Waals surface area contributed by atoms with Gasteiger partial charge in [0.1, 0.15) is 40.6 Å². The zero-order valence-electron chi connectivity index (χ0n) is 22.8. The van der Waals surface area contributed by atoms with Gasteiger partial charge in [0.2, 0.25) is 5.76 Å². The molecular weight excluding hydrogens is 534 g/mol. The Morgan fingerprint density at radius 1 is 0.902 bits per heavy atom. The van der Waals surface area contributed by atoms with E-state index in [1.54, 1.807) is 43.3 Å². The molecule has 0 radical (unpaired) electrons. The highest BCUT2D eigenvalue weighted by atomic mass is 16.5. The van der Waals surface area contributed by atoms with E-state index in [0.29, 0.717) is 12.1 Å². The molecule has 0 saturated carbocycles. The van der Waals surface area contributed by atoms with E-state index in [1.165, 1.54) is 24.3 Å². The number of aromatic hydroxyl groups is 3. The van der Waals surface area contributed by atoms with Crippen LogP contribution >= 0.6 is 0 Å². The van der Waals surface area contributed by atoms with Crippen molar-refractivity contribution in [3.8, 4) is 23.0 Å². The number of fused-ring (bicyclic) bond motifs is 1. The highest BCUT2D eigenvalue weighted by molar-refractivity contribution is 5.89. The van der Waals surface area contributed by atoms with E-state index >= 15 is 0 Å². The van der Waals surface area contributed by atoms with Gasteiger partial charge in [-0.05, 0) is 74.9 Å². The maximum absolute atomic E-state index is 11.9. The molecule has 0 saturated heterocycles. The van der Waals surface area contributed by atoms with E-state index in [9.17, 15) is 30.0 Å². The number of carboxylic acids is 1. The molecule has 218 valence electrons. The molecule has 0 bridgehead atoms. The van der Waals surface area contributed by atoms with Gasteiger partial charge in [0.15, 0.2) is 5.43 Å². The van der Waals surface area contributed by atoms with Crippen LogP contribution in [0.15, 0.2) is 75.9 Å². The van der Waals surface area contributed by atoms with Crippen LogP contribution in [0.4, 0.5) is 5.69 Å². The number of carboxylic acid groups (broad SMARTS) is 1. The second kappa shape index (κ2) is 13.6. The first-order chi connectivity index (χ1) is 19.3. The summed E-state index contributed by atoms with van der Waals surface area (Å²) in [5, 5.41) is 57.0. The van der Waals surface area contributed by atoms with Gasteiger partial charge in [0, 0.05) is 30.4 Å². The minimum atomic E-state index is -1.31. The number of aromatic carboxylic acids is 1. The average molecular weight is 568 g/mol. The Balaban J connectivity index is 0.000000228. The van der Waals surface area contributed by atoms with Gasteiger partial charge in [-0.1, -0.05) is 6.07 Å². The van der Waals surface area contributed by atoms with Crippen molar-refractivity contribution in [2.75, 3.05) is 18.1 Å². The number of phenolic OH excluding ortho intramolecular Hbond substituents is 3. The molecule has 0 aliphatic rings. The van der Waals surface area contributed by atoms with Crippen molar-refractivity contribution >= 4 is 22.6 Å². The van der Waals surface area contributed by atoms with E-state index < -0.39 is 29.4 Å². The summed E-state index contributed by atoms with van der Waals surface area (Å²) in [5.41, 5.74) is 0.950. The number of hydrogen-bond acceptors (Lipinski definition) is 10. The van der Waals surface area contributed by atoms with Crippen molar-refractivity contribution in [2.45, 2.75) is 39.0 Å². The zero-order chi connectivity index (χ0) is 30.3. The van der Waals surface area contributed by atoms with Crippen LogP contribution in [0.3, 0.4) is 0 Å². The van der Waals surface area contributed by atoms with E-state index in [4.69, 9.17) is 19.4 Å². The molecule has 0 amide bonds. The third-order valence-corrected chi connectivity index (χ3v) is 5.89. The van der Waals surface area contributed by atoms with Gasteiger partial charge in [-0.25, -0.2) is 4.79 Å². The Morgan fingerprint density at radius 2 is 1.54 bits per heavy atom. The molecular formula is C30H33NO10. The molecule has 0 spiro atoms. The fraction of sp³-hybridized carbons (Fsp3) is 0.267. The third kappa shape index (κ3) is 8.37. The Hall–Kier alpha value is -4.74. The second-order valence-corrected chi connectivity index (χ2v) is 9.63. The largest absolute Gasteiger partial charge is 0.508 e. The summed E-state index contributed by atoms with van der Waals surface area (Å²) in [7, 11) is 0. The molecule has 1 heterocycles. The summed E-state index contributed by atoms with van der Waals surface area (Å²) in [6.07, 6.45) is -1.55. The van der Waals surface area contributed by atoms with E-state index in [2.05, 4.69) is 0 Å². The number of hydrogen-bond donors (Lipinski definition) is 6. The van der Waals surface area contributed by atoms with Crippen LogP contribution in [-0.4, -0.2) is 61.9 Å². The molecule has 3 aromatic carbocycles. The first-order valence-corrected chi connectivity index (χ1v) is 12.7. The standard InChI is InChI=1S/C17H21NO4.C13H12O6/c1-11(2)18(13-3-5-14(19)6-4-13)10-17(22)12-7-15(20)9-16(21)8-12;1-7(14)6-18-9-3-2-4-10-12(9)8(15)5-11(19-10)13(16)17/h3-9,11,17,19-22H,10H2,1-2H3;2-5,7,14H,6H2,1H3,(H,16,17). The molecule has 0 fully saturated rings. The van der Waals surface area contributed by atoms with Crippen LogP contribution in [0, 0.1) is 0 Å². The number of aliphatic hydroxyl groups excluding tert-OH is 2. The number of anilines is 1. The number of benzene rings is 3. The molecule has 11 nitrogen and oxygen atoms in total. The normalized spacial score (nSPS) is 12.3. The van der Waals surface area contributed by atoms with Crippen LogP contribution in [0.1, 0.15) is 43.0 Å². The summed E-state index contributed by atoms with van der Waals surface area (Å²) in [6.45, 7) is 5.87. The van der Waals surface area contributed by atoms with Crippen LogP contribution in [-0.2, 0) is 0 Å². The molecule has 2 unspecified atom stereocenters. The van der Waals surface area contributed by atoms with Gasteiger partial charge < -0.3 is 44.7 Å². The van der Waals surface area contributed by atoms with E-state index in [1.807, 2.05) is 18.7 Å². The lowest BCUT2D eigenvalue weighted by Crippen LogP contribution is -2.34. The quantitative estimate of drug-likeness (QED) is 0.172. The predicted molar refractivity (Wildman–Crippen MR) is 152 cm³/mol. The first kappa shape index (κ1) is 30.8. The average Bonchev–Trinajstić information content (AvgIpc) is 2.90. The van der Waals surface area contributed by atoms with Crippen molar-refractivity contribution in [3.63, 3.8) is 0 Å². The SMILES string of the molecule is CC(C)N(CC(O)c1cc(O)cc(O)c1)c1ccc(O)cc1.CC(O)COc1cccc2oc(C(=O)O)cc(=O)c12. The molecule has 0 aliphatic heterocycles. The predicted octanol–water partition coefficient (Wildman–Crippen LogP) is 4.00. The molecule has 4 rings (SSSR count). The molecule has 1 aromatic heterocycles. The monoisotopic (exact) mass is 567 g/mol. The van der Waals surface area contributed by atoms with Crippen molar-refractivity contribution in [3.05, 3.63) is 88.3 Å². The smallest absolute Gasteiger partial charge is 0.371 e. The fourth-order valence-electron chi connectivity index (χ4n) is 3.97.